The molecule has 0 radical (unpaired) electrons. The van der Waals surface area contributed by atoms with Gasteiger partial charge in [-0.1, -0.05) is 0 Å². The molecule has 0 spiro atoms. The molecule has 1 aromatic carbocycles. The second kappa shape index (κ2) is 6.32. The summed E-state index contributed by atoms with van der Waals surface area (Å²) in [5.74, 6) is -0.760. The zero-order chi connectivity index (χ0) is 21.1. The SMILES string of the molecule is CC(=O)O[C@@H]1c2c(ccc3ccc(=O)oc23)OC(C)(C)[C@@H]1OC(=O)C1(C)OC1C. The number of hydrogen-bond acceptors (Lipinski definition) is 8. The van der Waals surface area contributed by atoms with Crippen LogP contribution in [0.3, 0.4) is 0 Å². The second-order valence-corrected chi connectivity index (χ2v) is 8.08. The van der Waals surface area contributed by atoms with E-state index >= 15 is 0 Å². The van der Waals surface area contributed by atoms with Gasteiger partial charge >= 0.3 is 17.6 Å². The highest BCUT2D eigenvalue weighted by Crippen LogP contribution is 2.47. The first kappa shape index (κ1) is 19.4. The van der Waals surface area contributed by atoms with Gasteiger partial charge < -0.3 is 23.4 Å². The zero-order valence-electron chi connectivity index (χ0n) is 16.8. The van der Waals surface area contributed by atoms with Gasteiger partial charge in [-0.25, -0.2) is 9.59 Å². The minimum absolute atomic E-state index is 0.222. The van der Waals surface area contributed by atoms with Crippen LogP contribution >= 0.6 is 0 Å². The van der Waals surface area contributed by atoms with E-state index in [9.17, 15) is 14.4 Å². The summed E-state index contributed by atoms with van der Waals surface area (Å²) in [5.41, 5.74) is -2.07. The van der Waals surface area contributed by atoms with Gasteiger partial charge in [-0.2, -0.15) is 0 Å². The van der Waals surface area contributed by atoms with E-state index in [-0.39, 0.29) is 11.7 Å². The van der Waals surface area contributed by atoms with Crippen LogP contribution in [0.4, 0.5) is 0 Å². The molecule has 1 fully saturated rings. The summed E-state index contributed by atoms with van der Waals surface area (Å²) in [6.07, 6.45) is -2.29. The van der Waals surface area contributed by atoms with E-state index in [2.05, 4.69) is 0 Å². The topological polar surface area (TPSA) is 105 Å². The molecule has 0 bridgehead atoms. The average molecular weight is 402 g/mol. The maximum atomic E-state index is 12.7. The predicted octanol–water partition coefficient (Wildman–Crippen LogP) is 2.66. The smallest absolute Gasteiger partial charge is 0.341 e. The summed E-state index contributed by atoms with van der Waals surface area (Å²) < 4.78 is 28.2. The maximum Gasteiger partial charge on any atom is 0.341 e. The molecule has 4 atom stereocenters. The first-order chi connectivity index (χ1) is 13.5. The number of ether oxygens (including phenoxy) is 4. The molecule has 154 valence electrons. The molecule has 29 heavy (non-hydrogen) atoms. The number of fused-ring (bicyclic) bond motifs is 3. The van der Waals surface area contributed by atoms with Crippen LogP contribution in [0.5, 0.6) is 5.75 Å². The van der Waals surface area contributed by atoms with Crippen molar-refractivity contribution in [3.63, 3.8) is 0 Å². The summed E-state index contributed by atoms with van der Waals surface area (Å²) in [6, 6.07) is 6.35. The van der Waals surface area contributed by atoms with E-state index in [0.29, 0.717) is 16.7 Å². The van der Waals surface area contributed by atoms with Gasteiger partial charge in [-0.05, 0) is 45.9 Å². The van der Waals surface area contributed by atoms with Crippen molar-refractivity contribution in [1.29, 1.82) is 0 Å². The number of benzene rings is 1. The molecule has 0 saturated carbocycles. The molecule has 2 aliphatic heterocycles. The van der Waals surface area contributed by atoms with Gasteiger partial charge in [0.2, 0.25) is 0 Å². The van der Waals surface area contributed by atoms with Crippen molar-refractivity contribution in [2.24, 2.45) is 0 Å². The fraction of sp³-hybridized carbons (Fsp3) is 0.476. The lowest BCUT2D eigenvalue weighted by molar-refractivity contribution is -0.192. The van der Waals surface area contributed by atoms with Crippen LogP contribution in [0.1, 0.15) is 46.3 Å². The van der Waals surface area contributed by atoms with Gasteiger partial charge in [0.15, 0.2) is 17.8 Å². The maximum absolute atomic E-state index is 12.7. The Bertz CT molecular complexity index is 1070. The van der Waals surface area contributed by atoms with Crippen molar-refractivity contribution in [1.82, 2.24) is 0 Å². The number of epoxide rings is 1. The Hall–Kier alpha value is -2.87. The molecule has 3 heterocycles. The van der Waals surface area contributed by atoms with Crippen LogP contribution in [0.15, 0.2) is 33.5 Å². The minimum atomic E-state index is -1.05. The summed E-state index contributed by atoms with van der Waals surface area (Å²) in [7, 11) is 0. The third-order valence-corrected chi connectivity index (χ3v) is 5.48. The monoisotopic (exact) mass is 402 g/mol. The Morgan fingerprint density at radius 3 is 2.34 bits per heavy atom. The number of hydrogen-bond donors (Lipinski definition) is 0. The third-order valence-electron chi connectivity index (χ3n) is 5.48. The molecule has 2 aliphatic rings. The Morgan fingerprint density at radius 1 is 1.07 bits per heavy atom. The van der Waals surface area contributed by atoms with Gasteiger partial charge in [0, 0.05) is 18.4 Å². The Morgan fingerprint density at radius 2 is 1.72 bits per heavy atom. The van der Waals surface area contributed by atoms with E-state index in [4.69, 9.17) is 23.4 Å². The molecule has 4 rings (SSSR count). The van der Waals surface area contributed by atoms with Crippen LogP contribution in [0.25, 0.3) is 11.0 Å². The normalized spacial score (nSPS) is 29.5. The second-order valence-electron chi connectivity index (χ2n) is 8.08. The van der Waals surface area contributed by atoms with E-state index in [0.717, 1.165) is 0 Å². The number of esters is 2. The predicted molar refractivity (Wildman–Crippen MR) is 101 cm³/mol. The lowest BCUT2D eigenvalue weighted by atomic mass is 9.87. The van der Waals surface area contributed by atoms with E-state index in [1.54, 1.807) is 45.9 Å². The molecule has 0 amide bonds. The van der Waals surface area contributed by atoms with Crippen molar-refractivity contribution < 1.29 is 33.0 Å². The van der Waals surface area contributed by atoms with E-state index < -0.39 is 41.0 Å². The summed E-state index contributed by atoms with van der Waals surface area (Å²) >= 11 is 0. The van der Waals surface area contributed by atoms with Crippen molar-refractivity contribution in [2.75, 3.05) is 0 Å². The molecule has 8 heteroatoms. The Labute approximate surface area is 166 Å². The standard InChI is InChI=1S/C21H22O8/c1-10-21(5,28-10)19(24)27-18-17(25-11(2)22)15-13(29-20(18,3)4)8-6-12-7-9-14(23)26-16(12)15/h6-10,17-18H,1-5H3/t10?,17-,18-,21?/m1/s1. The summed E-state index contributed by atoms with van der Waals surface area (Å²) in [5, 5.41) is 0.625. The van der Waals surface area contributed by atoms with Crippen LogP contribution in [-0.4, -0.2) is 35.3 Å². The highest BCUT2D eigenvalue weighted by Gasteiger charge is 2.60. The quantitative estimate of drug-likeness (QED) is 0.438. The highest BCUT2D eigenvalue weighted by molar-refractivity contribution is 5.85. The van der Waals surface area contributed by atoms with Crippen molar-refractivity contribution >= 4 is 22.9 Å². The van der Waals surface area contributed by atoms with E-state index in [1.165, 1.54) is 13.0 Å². The van der Waals surface area contributed by atoms with Gasteiger partial charge in [0.05, 0.1) is 11.7 Å². The highest BCUT2D eigenvalue weighted by atomic mass is 16.7. The lowest BCUT2D eigenvalue weighted by Gasteiger charge is -2.43. The Kier molecular flexibility index (Phi) is 4.24. The van der Waals surface area contributed by atoms with Crippen LogP contribution in [-0.2, 0) is 23.8 Å². The molecular weight excluding hydrogens is 380 g/mol. The summed E-state index contributed by atoms with van der Waals surface area (Å²) in [6.45, 7) is 8.13. The van der Waals surface area contributed by atoms with Gasteiger partial charge in [-0.15, -0.1) is 0 Å². The fourth-order valence-corrected chi connectivity index (χ4v) is 3.63. The molecule has 2 unspecified atom stereocenters. The van der Waals surface area contributed by atoms with Gasteiger partial charge in [0.25, 0.3) is 0 Å². The minimum Gasteiger partial charge on any atom is -0.483 e. The van der Waals surface area contributed by atoms with Crippen molar-refractivity contribution in [3.05, 3.63) is 40.2 Å². The van der Waals surface area contributed by atoms with Gasteiger partial charge in [0.1, 0.15) is 16.9 Å². The first-order valence-corrected chi connectivity index (χ1v) is 9.35. The number of rotatable bonds is 3. The van der Waals surface area contributed by atoms with Gasteiger partial charge in [-0.3, -0.25) is 4.79 Å². The fourth-order valence-electron chi connectivity index (χ4n) is 3.63. The molecule has 1 aromatic heterocycles. The first-order valence-electron chi connectivity index (χ1n) is 9.35. The zero-order valence-corrected chi connectivity index (χ0v) is 16.8. The third kappa shape index (κ3) is 3.17. The van der Waals surface area contributed by atoms with Crippen molar-refractivity contribution in [2.45, 2.75) is 64.1 Å². The molecule has 0 aliphatic carbocycles. The molecule has 1 saturated heterocycles. The van der Waals surface area contributed by atoms with Crippen molar-refractivity contribution in [3.8, 4) is 5.75 Å². The molecule has 8 nitrogen and oxygen atoms in total. The number of carbonyl (C=O) groups is 2. The molecule has 0 N–H and O–H groups in total. The molecular formula is C21H22O8. The van der Waals surface area contributed by atoms with Crippen LogP contribution < -0.4 is 10.4 Å². The number of carbonyl (C=O) groups excluding carboxylic acids is 2. The average Bonchev–Trinajstić information content (AvgIpc) is 3.24. The molecule has 2 aromatic rings. The lowest BCUT2D eigenvalue weighted by Crippen LogP contribution is -2.53. The van der Waals surface area contributed by atoms with E-state index in [1.807, 2.05) is 0 Å². The van der Waals surface area contributed by atoms with Crippen LogP contribution in [0.2, 0.25) is 0 Å². The van der Waals surface area contributed by atoms with Crippen LogP contribution in [0, 0.1) is 0 Å². The largest absolute Gasteiger partial charge is 0.483 e. The summed E-state index contributed by atoms with van der Waals surface area (Å²) in [4.78, 5) is 36.5. The Balaban J connectivity index is 1.85.